The van der Waals surface area contributed by atoms with Crippen LogP contribution in [0, 0.1) is 5.82 Å². The van der Waals surface area contributed by atoms with E-state index in [0.29, 0.717) is 29.9 Å². The molecule has 0 amide bonds. The van der Waals surface area contributed by atoms with Crippen molar-refractivity contribution in [2.45, 2.75) is 0 Å². The van der Waals surface area contributed by atoms with E-state index in [1.165, 1.54) is 6.07 Å². The molecule has 122 valence electrons. The number of hydrogen-bond donors (Lipinski definition) is 1. The number of nitrogens with zero attached hydrogens (tertiary/aromatic N) is 3. The van der Waals surface area contributed by atoms with Crippen LogP contribution in [0.3, 0.4) is 0 Å². The molecule has 1 aliphatic heterocycles. The van der Waals surface area contributed by atoms with Crippen LogP contribution in [0.4, 0.5) is 10.2 Å². The largest absolute Gasteiger partial charge is 0.505 e. The van der Waals surface area contributed by atoms with Gasteiger partial charge in [0.25, 0.3) is 0 Å². The van der Waals surface area contributed by atoms with Crippen LogP contribution >= 0.6 is 0 Å². The van der Waals surface area contributed by atoms with E-state index in [1.54, 1.807) is 30.5 Å². The van der Waals surface area contributed by atoms with Crippen molar-refractivity contribution in [3.8, 4) is 16.9 Å². The van der Waals surface area contributed by atoms with E-state index in [2.05, 4.69) is 14.9 Å². The fraction of sp³-hybridized carbons (Fsp3) is 0.222. The first kappa shape index (κ1) is 14.8. The Morgan fingerprint density at radius 2 is 1.92 bits per heavy atom. The summed E-state index contributed by atoms with van der Waals surface area (Å²) in [5.74, 6) is -0.200. The molecule has 1 aliphatic rings. The second-order valence-corrected chi connectivity index (χ2v) is 5.67. The average molecular weight is 325 g/mol. The maximum Gasteiger partial charge on any atom is 0.172 e. The molecule has 0 atom stereocenters. The number of hydrogen-bond acceptors (Lipinski definition) is 5. The lowest BCUT2D eigenvalue weighted by Crippen LogP contribution is -2.36. The molecule has 3 aromatic rings. The zero-order valence-electron chi connectivity index (χ0n) is 12.9. The Morgan fingerprint density at radius 1 is 1.08 bits per heavy atom. The Kier molecular flexibility index (Phi) is 3.74. The summed E-state index contributed by atoms with van der Waals surface area (Å²) >= 11 is 0. The standard InChI is InChI=1S/C18H16FN3O2/c19-18-13(2-1-3-16(18)23)12-4-5-14-15(10-12)21-17(11-20-14)22-6-8-24-9-7-22/h1-5,10-11,23H,6-9H2. The van der Waals surface area contributed by atoms with Gasteiger partial charge in [-0.25, -0.2) is 9.37 Å². The summed E-state index contributed by atoms with van der Waals surface area (Å²) in [7, 11) is 0. The minimum Gasteiger partial charge on any atom is -0.505 e. The summed E-state index contributed by atoms with van der Waals surface area (Å²) in [5, 5.41) is 9.57. The Morgan fingerprint density at radius 3 is 2.75 bits per heavy atom. The number of phenolic OH excluding ortho intramolecular Hbond substituents is 1. The topological polar surface area (TPSA) is 58.5 Å². The fourth-order valence-electron chi connectivity index (χ4n) is 2.86. The van der Waals surface area contributed by atoms with Gasteiger partial charge in [0.1, 0.15) is 5.82 Å². The number of benzene rings is 2. The minimum absolute atomic E-state index is 0.343. The highest BCUT2D eigenvalue weighted by Crippen LogP contribution is 2.30. The summed E-state index contributed by atoms with van der Waals surface area (Å²) < 4.78 is 19.5. The van der Waals surface area contributed by atoms with Crippen LogP contribution in [0.15, 0.2) is 42.6 Å². The SMILES string of the molecule is Oc1cccc(-c2ccc3ncc(N4CCOCC4)nc3c2)c1F. The van der Waals surface area contributed by atoms with Crippen LogP contribution in [0.2, 0.25) is 0 Å². The number of aromatic nitrogens is 2. The molecule has 0 spiro atoms. The van der Waals surface area contributed by atoms with Crippen LogP contribution in [0.5, 0.6) is 5.75 Å². The molecule has 1 fully saturated rings. The molecule has 6 heteroatoms. The van der Waals surface area contributed by atoms with E-state index in [4.69, 9.17) is 4.74 Å². The van der Waals surface area contributed by atoms with Crippen molar-refractivity contribution in [2.75, 3.05) is 31.2 Å². The smallest absolute Gasteiger partial charge is 0.172 e. The summed E-state index contributed by atoms with van der Waals surface area (Å²) in [6.07, 6.45) is 1.75. The second kappa shape index (κ2) is 6.05. The van der Waals surface area contributed by atoms with Gasteiger partial charge in [0, 0.05) is 18.7 Å². The molecule has 2 aromatic carbocycles. The van der Waals surface area contributed by atoms with E-state index < -0.39 is 5.82 Å². The van der Waals surface area contributed by atoms with Crippen molar-refractivity contribution in [3.63, 3.8) is 0 Å². The zero-order valence-corrected chi connectivity index (χ0v) is 12.9. The molecule has 0 unspecified atom stereocenters. The van der Waals surface area contributed by atoms with Crippen molar-refractivity contribution < 1.29 is 14.2 Å². The Labute approximate surface area is 138 Å². The van der Waals surface area contributed by atoms with Crippen LogP contribution in [-0.2, 0) is 4.74 Å². The lowest BCUT2D eigenvalue weighted by molar-refractivity contribution is 0.122. The second-order valence-electron chi connectivity index (χ2n) is 5.67. The Balaban J connectivity index is 1.77. The number of aromatic hydroxyl groups is 1. The number of rotatable bonds is 2. The van der Waals surface area contributed by atoms with Crippen molar-refractivity contribution >= 4 is 16.9 Å². The van der Waals surface area contributed by atoms with Crippen molar-refractivity contribution in [1.82, 2.24) is 9.97 Å². The minimum atomic E-state index is -0.630. The molecule has 1 saturated heterocycles. The van der Waals surface area contributed by atoms with E-state index in [1.807, 2.05) is 6.07 Å². The predicted molar refractivity (Wildman–Crippen MR) is 89.6 cm³/mol. The first-order chi connectivity index (χ1) is 11.7. The van der Waals surface area contributed by atoms with E-state index in [0.717, 1.165) is 24.4 Å². The third kappa shape index (κ3) is 2.65. The highest BCUT2D eigenvalue weighted by molar-refractivity contribution is 5.82. The van der Waals surface area contributed by atoms with Crippen LogP contribution in [-0.4, -0.2) is 41.4 Å². The number of halogens is 1. The third-order valence-corrected chi connectivity index (χ3v) is 4.15. The number of fused-ring (bicyclic) bond motifs is 1. The lowest BCUT2D eigenvalue weighted by atomic mass is 10.0. The van der Waals surface area contributed by atoms with E-state index >= 15 is 0 Å². The van der Waals surface area contributed by atoms with E-state index in [9.17, 15) is 9.50 Å². The Bertz CT molecular complexity index is 895. The molecule has 0 aliphatic carbocycles. The number of phenols is 1. The van der Waals surface area contributed by atoms with Gasteiger partial charge in [-0.3, -0.25) is 4.98 Å². The first-order valence-corrected chi connectivity index (χ1v) is 7.80. The highest BCUT2D eigenvalue weighted by atomic mass is 19.1. The van der Waals surface area contributed by atoms with Crippen LogP contribution in [0.25, 0.3) is 22.2 Å². The van der Waals surface area contributed by atoms with Gasteiger partial charge >= 0.3 is 0 Å². The molecule has 5 nitrogen and oxygen atoms in total. The van der Waals surface area contributed by atoms with Crippen LogP contribution < -0.4 is 4.90 Å². The van der Waals surface area contributed by atoms with Gasteiger partial charge in [0.15, 0.2) is 11.6 Å². The molecular weight excluding hydrogens is 309 g/mol. The zero-order chi connectivity index (χ0) is 16.5. The molecule has 0 radical (unpaired) electrons. The Hall–Kier alpha value is -2.73. The summed E-state index contributed by atoms with van der Waals surface area (Å²) in [4.78, 5) is 11.2. The van der Waals surface area contributed by atoms with Crippen LogP contribution in [0.1, 0.15) is 0 Å². The highest BCUT2D eigenvalue weighted by Gasteiger charge is 2.14. The molecule has 0 bridgehead atoms. The molecule has 2 heterocycles. The van der Waals surface area contributed by atoms with Gasteiger partial charge in [-0.1, -0.05) is 18.2 Å². The first-order valence-electron chi connectivity index (χ1n) is 7.80. The number of anilines is 1. The van der Waals surface area contributed by atoms with Crippen molar-refractivity contribution in [1.29, 1.82) is 0 Å². The predicted octanol–water partition coefficient (Wildman–Crippen LogP) is 2.98. The summed E-state index contributed by atoms with van der Waals surface area (Å²) in [6, 6.07) is 9.97. The van der Waals surface area contributed by atoms with Gasteiger partial charge in [0.2, 0.25) is 0 Å². The summed E-state index contributed by atoms with van der Waals surface area (Å²) in [6.45, 7) is 2.91. The molecule has 1 N–H and O–H groups in total. The molecule has 1 aromatic heterocycles. The van der Waals surface area contributed by atoms with Crippen molar-refractivity contribution in [3.05, 3.63) is 48.4 Å². The van der Waals surface area contributed by atoms with Gasteiger partial charge in [0.05, 0.1) is 30.4 Å². The van der Waals surface area contributed by atoms with Gasteiger partial charge in [-0.2, -0.15) is 0 Å². The van der Waals surface area contributed by atoms with Gasteiger partial charge < -0.3 is 14.7 Å². The van der Waals surface area contributed by atoms with E-state index in [-0.39, 0.29) is 5.75 Å². The maximum absolute atomic E-state index is 14.1. The maximum atomic E-state index is 14.1. The van der Waals surface area contributed by atoms with Gasteiger partial charge in [-0.15, -0.1) is 0 Å². The molecule has 24 heavy (non-hydrogen) atoms. The average Bonchev–Trinajstić information content (AvgIpc) is 2.64. The number of ether oxygens (including phenoxy) is 1. The molecule has 4 rings (SSSR count). The third-order valence-electron chi connectivity index (χ3n) is 4.15. The quantitative estimate of drug-likeness (QED) is 0.785. The molecular formula is C18H16FN3O2. The molecule has 0 saturated carbocycles. The fourth-order valence-corrected chi connectivity index (χ4v) is 2.86. The summed E-state index contributed by atoms with van der Waals surface area (Å²) in [5.41, 5.74) is 2.44. The normalized spacial score (nSPS) is 15.0. The number of morpholine rings is 1. The lowest BCUT2D eigenvalue weighted by Gasteiger charge is -2.27. The monoisotopic (exact) mass is 325 g/mol. The van der Waals surface area contributed by atoms with Crippen molar-refractivity contribution in [2.24, 2.45) is 0 Å². The van der Waals surface area contributed by atoms with Gasteiger partial charge in [-0.05, 0) is 23.8 Å².